The first-order valence-corrected chi connectivity index (χ1v) is 5.78. The van der Waals surface area contributed by atoms with E-state index in [1.54, 1.807) is 24.4 Å². The molecule has 0 fully saturated rings. The van der Waals surface area contributed by atoms with Gasteiger partial charge in [-0.3, -0.25) is 4.98 Å². The Morgan fingerprint density at radius 1 is 1.32 bits per heavy atom. The van der Waals surface area contributed by atoms with Crippen LogP contribution in [-0.4, -0.2) is 18.1 Å². The number of carbonyl (C=O) groups is 1. The average Bonchev–Trinajstić information content (AvgIpc) is 2.42. The maximum absolute atomic E-state index is 11.7. The predicted octanol–water partition coefficient (Wildman–Crippen LogP) is 2.50. The van der Waals surface area contributed by atoms with Gasteiger partial charge < -0.3 is 15.8 Å². The monoisotopic (exact) mass is 257 g/mol. The van der Waals surface area contributed by atoms with Crippen LogP contribution >= 0.6 is 0 Å². The first-order chi connectivity index (χ1) is 9.11. The van der Waals surface area contributed by atoms with E-state index < -0.39 is 5.97 Å². The number of nitrogens with zero attached hydrogens (tertiary/aromatic N) is 1. The molecular formula is C14H15N3O2. The molecule has 0 spiro atoms. The molecule has 0 unspecified atom stereocenters. The van der Waals surface area contributed by atoms with E-state index in [1.165, 1.54) is 7.11 Å². The van der Waals surface area contributed by atoms with Crippen LogP contribution in [0.2, 0.25) is 0 Å². The maximum atomic E-state index is 11.7. The molecule has 1 aromatic heterocycles. The number of aryl methyl sites for hydroxylation is 1. The lowest BCUT2D eigenvalue weighted by Crippen LogP contribution is -2.07. The highest BCUT2D eigenvalue weighted by Crippen LogP contribution is 2.24. The molecule has 1 heterocycles. The number of ether oxygens (including phenoxy) is 1. The first-order valence-electron chi connectivity index (χ1n) is 5.78. The minimum absolute atomic E-state index is 0.394. The minimum Gasteiger partial charge on any atom is -0.465 e. The second-order valence-electron chi connectivity index (χ2n) is 4.06. The van der Waals surface area contributed by atoms with E-state index in [-0.39, 0.29) is 0 Å². The number of methoxy groups -OCH3 is 1. The minimum atomic E-state index is -0.434. The quantitative estimate of drug-likeness (QED) is 0.652. The van der Waals surface area contributed by atoms with E-state index in [1.807, 2.05) is 19.1 Å². The van der Waals surface area contributed by atoms with Gasteiger partial charge in [-0.25, -0.2) is 4.79 Å². The number of carbonyl (C=O) groups excluding carboxylic acids is 1. The van der Waals surface area contributed by atoms with E-state index in [0.717, 1.165) is 11.4 Å². The first kappa shape index (κ1) is 12.9. The molecular weight excluding hydrogens is 242 g/mol. The Hall–Kier alpha value is -2.56. The summed E-state index contributed by atoms with van der Waals surface area (Å²) < 4.78 is 4.75. The van der Waals surface area contributed by atoms with Gasteiger partial charge in [0.25, 0.3) is 0 Å². The van der Waals surface area contributed by atoms with Gasteiger partial charge in [0.05, 0.1) is 29.7 Å². The molecule has 5 nitrogen and oxygen atoms in total. The Morgan fingerprint density at radius 2 is 2.11 bits per heavy atom. The van der Waals surface area contributed by atoms with Crippen LogP contribution in [0.4, 0.5) is 17.1 Å². The number of aromatic nitrogens is 1. The third kappa shape index (κ3) is 2.82. The summed E-state index contributed by atoms with van der Waals surface area (Å²) in [5.41, 5.74) is 8.91. The van der Waals surface area contributed by atoms with Crippen molar-refractivity contribution in [2.75, 3.05) is 18.2 Å². The zero-order chi connectivity index (χ0) is 13.8. The number of esters is 1. The molecule has 0 saturated carbocycles. The molecule has 0 aliphatic carbocycles. The van der Waals surface area contributed by atoms with Crippen molar-refractivity contribution in [2.24, 2.45) is 0 Å². The van der Waals surface area contributed by atoms with E-state index in [2.05, 4.69) is 10.3 Å². The lowest BCUT2D eigenvalue weighted by Gasteiger charge is -2.12. The molecule has 0 amide bonds. The number of nitrogens with two attached hydrogens (primary N) is 1. The number of anilines is 3. The van der Waals surface area contributed by atoms with Crippen LogP contribution in [0, 0.1) is 6.92 Å². The van der Waals surface area contributed by atoms with E-state index in [9.17, 15) is 4.79 Å². The zero-order valence-electron chi connectivity index (χ0n) is 10.8. The summed E-state index contributed by atoms with van der Waals surface area (Å²) in [6, 6.07) is 8.76. The predicted molar refractivity (Wildman–Crippen MR) is 74.5 cm³/mol. The molecule has 19 heavy (non-hydrogen) atoms. The maximum Gasteiger partial charge on any atom is 0.340 e. The molecule has 0 atom stereocenters. The van der Waals surface area contributed by atoms with Gasteiger partial charge in [0, 0.05) is 11.9 Å². The second kappa shape index (κ2) is 5.39. The second-order valence-corrected chi connectivity index (χ2v) is 4.06. The van der Waals surface area contributed by atoms with Crippen molar-refractivity contribution in [1.29, 1.82) is 0 Å². The van der Waals surface area contributed by atoms with Crippen molar-refractivity contribution in [2.45, 2.75) is 6.92 Å². The smallest absolute Gasteiger partial charge is 0.340 e. The number of rotatable bonds is 3. The Labute approximate surface area is 111 Å². The molecule has 0 aliphatic heterocycles. The molecule has 0 aliphatic rings. The van der Waals surface area contributed by atoms with Crippen LogP contribution in [-0.2, 0) is 4.74 Å². The summed E-state index contributed by atoms with van der Waals surface area (Å²) in [5, 5.41) is 3.16. The number of nitrogens with one attached hydrogen (secondary N) is 1. The molecule has 0 bridgehead atoms. The standard InChI is InChI=1S/C14H15N3O2/c1-9-12(4-3-7-16-9)17-13-6-5-10(15)8-11(13)14(18)19-2/h3-8,17H,15H2,1-2H3. The number of hydrogen-bond acceptors (Lipinski definition) is 5. The molecule has 1 aromatic carbocycles. The largest absolute Gasteiger partial charge is 0.465 e. The Morgan fingerprint density at radius 3 is 2.79 bits per heavy atom. The van der Waals surface area contributed by atoms with Gasteiger partial charge in [0.15, 0.2) is 0 Å². The highest BCUT2D eigenvalue weighted by Gasteiger charge is 2.13. The molecule has 2 aromatic rings. The van der Waals surface area contributed by atoms with Crippen LogP contribution in [0.25, 0.3) is 0 Å². The van der Waals surface area contributed by atoms with Gasteiger partial charge in [-0.2, -0.15) is 0 Å². The fraction of sp³-hybridized carbons (Fsp3) is 0.143. The fourth-order valence-electron chi connectivity index (χ4n) is 1.71. The highest BCUT2D eigenvalue weighted by molar-refractivity contribution is 5.97. The van der Waals surface area contributed by atoms with E-state index >= 15 is 0 Å². The summed E-state index contributed by atoms with van der Waals surface area (Å²) >= 11 is 0. The topological polar surface area (TPSA) is 77.2 Å². The van der Waals surface area contributed by atoms with Crippen molar-refractivity contribution >= 4 is 23.0 Å². The van der Waals surface area contributed by atoms with Crippen LogP contribution in [0.15, 0.2) is 36.5 Å². The summed E-state index contributed by atoms with van der Waals surface area (Å²) in [4.78, 5) is 15.9. The Bertz CT molecular complexity index is 611. The molecule has 98 valence electrons. The van der Waals surface area contributed by atoms with Gasteiger partial charge in [-0.15, -0.1) is 0 Å². The van der Waals surface area contributed by atoms with Crippen molar-refractivity contribution in [3.63, 3.8) is 0 Å². The van der Waals surface area contributed by atoms with Gasteiger partial charge in [-0.05, 0) is 37.3 Å². The molecule has 2 rings (SSSR count). The average molecular weight is 257 g/mol. The van der Waals surface area contributed by atoms with Gasteiger partial charge in [0.2, 0.25) is 0 Å². The number of hydrogen-bond donors (Lipinski definition) is 2. The molecule has 0 saturated heterocycles. The summed E-state index contributed by atoms with van der Waals surface area (Å²) in [6.45, 7) is 1.89. The summed E-state index contributed by atoms with van der Waals surface area (Å²) in [7, 11) is 1.34. The Balaban J connectivity index is 2.40. The summed E-state index contributed by atoms with van der Waals surface area (Å²) in [5.74, 6) is -0.434. The van der Waals surface area contributed by atoms with Crippen molar-refractivity contribution in [3.8, 4) is 0 Å². The third-order valence-electron chi connectivity index (χ3n) is 2.73. The molecule has 5 heteroatoms. The number of nitrogen functional groups attached to an aromatic ring is 1. The lowest BCUT2D eigenvalue weighted by atomic mass is 10.1. The van der Waals surface area contributed by atoms with E-state index in [4.69, 9.17) is 10.5 Å². The zero-order valence-corrected chi connectivity index (χ0v) is 10.8. The molecule has 3 N–H and O–H groups in total. The Kier molecular flexibility index (Phi) is 3.66. The normalized spacial score (nSPS) is 10.0. The van der Waals surface area contributed by atoms with Crippen molar-refractivity contribution < 1.29 is 9.53 Å². The SMILES string of the molecule is COC(=O)c1cc(N)ccc1Nc1cccnc1C. The molecule has 0 radical (unpaired) electrons. The fourth-order valence-corrected chi connectivity index (χ4v) is 1.71. The van der Waals surface area contributed by atoms with Gasteiger partial charge in [-0.1, -0.05) is 0 Å². The summed E-state index contributed by atoms with van der Waals surface area (Å²) in [6.07, 6.45) is 1.71. The van der Waals surface area contributed by atoms with Crippen LogP contribution < -0.4 is 11.1 Å². The number of benzene rings is 1. The lowest BCUT2D eigenvalue weighted by molar-refractivity contribution is 0.0602. The van der Waals surface area contributed by atoms with E-state index in [0.29, 0.717) is 16.9 Å². The van der Waals surface area contributed by atoms with Crippen molar-refractivity contribution in [3.05, 3.63) is 47.8 Å². The van der Waals surface area contributed by atoms with Crippen molar-refractivity contribution in [1.82, 2.24) is 4.98 Å². The third-order valence-corrected chi connectivity index (χ3v) is 2.73. The van der Waals surface area contributed by atoms with Gasteiger partial charge in [0.1, 0.15) is 0 Å². The van der Waals surface area contributed by atoms with Crippen LogP contribution in [0.3, 0.4) is 0 Å². The highest BCUT2D eigenvalue weighted by atomic mass is 16.5. The van der Waals surface area contributed by atoms with Gasteiger partial charge >= 0.3 is 5.97 Å². The van der Waals surface area contributed by atoms with Crippen LogP contribution in [0.5, 0.6) is 0 Å². The van der Waals surface area contributed by atoms with Crippen LogP contribution in [0.1, 0.15) is 16.1 Å². The number of pyridine rings is 1.